The molecule has 0 heterocycles. The van der Waals surface area contributed by atoms with E-state index in [4.69, 9.17) is 9.47 Å². The van der Waals surface area contributed by atoms with Crippen LogP contribution in [0.1, 0.15) is 22.3 Å². The molecule has 0 aromatic heterocycles. The highest BCUT2D eigenvalue weighted by Crippen LogP contribution is 2.36. The van der Waals surface area contributed by atoms with Gasteiger partial charge < -0.3 is 18.4 Å². The Kier molecular flexibility index (Phi) is 9.26. The molecule has 0 N–H and O–H groups in total. The van der Waals surface area contributed by atoms with E-state index in [9.17, 15) is 0 Å². The Morgan fingerprint density at radius 3 is 1.20 bits per heavy atom. The lowest BCUT2D eigenvalue weighted by Gasteiger charge is -2.24. The number of rotatable bonds is 8. The fourth-order valence-corrected chi connectivity index (χ4v) is 4.82. The average Bonchev–Trinajstić information content (AvgIpc) is 2.98. The van der Waals surface area contributed by atoms with Gasteiger partial charge in [0.1, 0.15) is 37.8 Å². The van der Waals surface area contributed by atoms with E-state index < -0.39 is 0 Å². The third kappa shape index (κ3) is 8.21. The molecule has 0 unspecified atom stereocenters. The lowest BCUT2D eigenvalue weighted by molar-refractivity contribution is -0.870. The van der Waals surface area contributed by atoms with Crippen LogP contribution in [-0.2, 0) is 0 Å². The van der Waals surface area contributed by atoms with Gasteiger partial charge in [0.15, 0.2) is 0 Å². The summed E-state index contributed by atoms with van der Waals surface area (Å²) in [5, 5.41) is 4.14. The third-order valence-corrected chi connectivity index (χ3v) is 7.33. The zero-order valence-electron chi connectivity index (χ0n) is 26.8. The summed E-state index contributed by atoms with van der Waals surface area (Å²) >= 11 is 0. The second-order valence-corrected chi connectivity index (χ2v) is 13.1. The zero-order chi connectivity index (χ0) is 31.2. The van der Waals surface area contributed by atoms with Crippen molar-refractivity contribution in [1.29, 1.82) is 0 Å². The second-order valence-electron chi connectivity index (χ2n) is 13.1. The van der Waals surface area contributed by atoms with E-state index in [2.05, 4.69) is 90.2 Å². The van der Waals surface area contributed by atoms with Gasteiger partial charge in [-0.25, -0.2) is 0 Å². The van der Waals surface area contributed by atoms with Crippen LogP contribution in [0, 0.1) is 23.7 Å². The van der Waals surface area contributed by atoms with Crippen molar-refractivity contribution in [3.8, 4) is 35.2 Å². The van der Waals surface area contributed by atoms with Gasteiger partial charge in [0.2, 0.25) is 0 Å². The molecular weight excluding hydrogens is 540 g/mol. The van der Waals surface area contributed by atoms with Crippen molar-refractivity contribution in [2.24, 2.45) is 0 Å². The van der Waals surface area contributed by atoms with Crippen LogP contribution in [0.25, 0.3) is 21.5 Å². The second kappa shape index (κ2) is 13.3. The highest BCUT2D eigenvalue weighted by molar-refractivity contribution is 6.10. The van der Waals surface area contributed by atoms with E-state index in [0.717, 1.165) is 77.4 Å². The number of quaternary nitrogens is 2. The molecule has 5 aromatic rings. The van der Waals surface area contributed by atoms with Crippen LogP contribution in [0.4, 0.5) is 0 Å². The smallest absolute Gasteiger partial charge is 0.137 e. The highest BCUT2D eigenvalue weighted by atomic mass is 16.5. The summed E-state index contributed by atoms with van der Waals surface area (Å²) < 4.78 is 14.2. The summed E-state index contributed by atoms with van der Waals surface area (Å²) in [7, 11) is 13.0. The van der Waals surface area contributed by atoms with Crippen LogP contribution in [0.5, 0.6) is 11.5 Å². The minimum absolute atomic E-state index is 0.627. The van der Waals surface area contributed by atoms with Crippen molar-refractivity contribution in [1.82, 2.24) is 0 Å². The molecule has 0 aliphatic heterocycles. The minimum atomic E-state index is 0.627. The van der Waals surface area contributed by atoms with Gasteiger partial charge in [-0.3, -0.25) is 0 Å². The standard InChI is InChI=1S/C40H42N2O2/c1-41(2,3)25-27-43-33-19-23-37-36(22-18-32-15-11-8-12-16-32)40-30-34(44-28-26-42(4,5)6)20-24-38(40)35(39(37)29-33)21-17-31-13-9-7-10-14-31/h7-16,19-20,23-24,29-30H,25-28H2,1-6H3/q+2. The molecule has 0 amide bonds. The zero-order valence-corrected chi connectivity index (χ0v) is 26.8. The van der Waals surface area contributed by atoms with E-state index in [0.29, 0.717) is 13.2 Å². The van der Waals surface area contributed by atoms with Crippen LogP contribution in [0.15, 0.2) is 97.1 Å². The van der Waals surface area contributed by atoms with Crippen molar-refractivity contribution >= 4 is 21.5 Å². The summed E-state index contributed by atoms with van der Waals surface area (Å²) in [6.07, 6.45) is 0. The largest absolute Gasteiger partial charge is 0.488 e. The number of hydrogen-bond acceptors (Lipinski definition) is 2. The van der Waals surface area contributed by atoms with Crippen LogP contribution in [0.2, 0.25) is 0 Å². The van der Waals surface area contributed by atoms with E-state index in [-0.39, 0.29) is 0 Å². The molecule has 0 saturated heterocycles. The molecule has 0 fully saturated rings. The van der Waals surface area contributed by atoms with Gasteiger partial charge in [0.25, 0.3) is 0 Å². The first-order chi connectivity index (χ1) is 21.1. The van der Waals surface area contributed by atoms with E-state index in [1.807, 2.05) is 72.8 Å². The summed E-state index contributed by atoms with van der Waals surface area (Å²) in [6.45, 7) is 3.06. The van der Waals surface area contributed by atoms with Crippen LogP contribution in [-0.4, -0.2) is 77.6 Å². The number of hydrogen-bond donors (Lipinski definition) is 0. The first kappa shape index (κ1) is 30.7. The molecule has 0 atom stereocenters. The summed E-state index contributed by atoms with van der Waals surface area (Å²) in [5.41, 5.74) is 3.85. The summed E-state index contributed by atoms with van der Waals surface area (Å²) in [6, 6.07) is 32.8. The Hall–Kier alpha value is -4.74. The van der Waals surface area contributed by atoms with Crippen LogP contribution in [0.3, 0.4) is 0 Å². The van der Waals surface area contributed by atoms with Gasteiger partial charge in [-0.05, 0) is 71.4 Å². The SMILES string of the molecule is C[N+](C)(C)CCOc1ccc2c(C#Cc3ccccc3)c3cc(OCC[N+](C)(C)C)ccc3c(C#Cc3ccccc3)c2c1. The number of likely N-dealkylation sites (N-methyl/N-ethyl adjacent to an activating group) is 2. The maximum Gasteiger partial charge on any atom is 0.137 e. The molecule has 0 saturated carbocycles. The van der Waals surface area contributed by atoms with Gasteiger partial charge in [0, 0.05) is 33.0 Å². The maximum absolute atomic E-state index is 6.26. The number of fused-ring (bicyclic) bond motifs is 2. The van der Waals surface area contributed by atoms with Crippen molar-refractivity contribution in [3.05, 3.63) is 119 Å². The Balaban J connectivity index is 1.71. The predicted octanol–water partition coefficient (Wildman–Crippen LogP) is 6.96. The van der Waals surface area contributed by atoms with Crippen molar-refractivity contribution in [2.75, 3.05) is 68.6 Å². The lowest BCUT2D eigenvalue weighted by atomic mass is 9.91. The number of benzene rings is 5. The normalized spacial score (nSPS) is 11.4. The van der Waals surface area contributed by atoms with Crippen molar-refractivity contribution < 1.29 is 18.4 Å². The molecule has 4 nitrogen and oxygen atoms in total. The lowest BCUT2D eigenvalue weighted by Crippen LogP contribution is -2.38. The molecule has 0 aliphatic rings. The van der Waals surface area contributed by atoms with Crippen LogP contribution >= 0.6 is 0 Å². The maximum atomic E-state index is 6.26. The molecule has 0 radical (unpaired) electrons. The molecule has 0 aliphatic carbocycles. The van der Waals surface area contributed by atoms with E-state index in [1.165, 1.54) is 0 Å². The fraction of sp³-hybridized carbons (Fsp3) is 0.250. The van der Waals surface area contributed by atoms with Crippen LogP contribution < -0.4 is 9.47 Å². The van der Waals surface area contributed by atoms with Crippen molar-refractivity contribution in [2.45, 2.75) is 0 Å². The average molecular weight is 583 g/mol. The Morgan fingerprint density at radius 2 is 0.841 bits per heavy atom. The topological polar surface area (TPSA) is 18.5 Å². The Morgan fingerprint density at radius 1 is 0.455 bits per heavy atom. The summed E-state index contributed by atoms with van der Waals surface area (Å²) in [4.78, 5) is 0. The van der Waals surface area contributed by atoms with Gasteiger partial charge in [-0.1, -0.05) is 60.1 Å². The molecular formula is C40H42N2O2+2. The van der Waals surface area contributed by atoms with Crippen molar-refractivity contribution in [3.63, 3.8) is 0 Å². The highest BCUT2D eigenvalue weighted by Gasteiger charge is 2.16. The number of ether oxygens (including phenoxy) is 2. The molecule has 44 heavy (non-hydrogen) atoms. The van der Waals surface area contributed by atoms with Gasteiger partial charge in [-0.2, -0.15) is 0 Å². The predicted molar refractivity (Wildman–Crippen MR) is 183 cm³/mol. The molecule has 4 heteroatoms. The quantitative estimate of drug-likeness (QED) is 0.112. The molecule has 0 bridgehead atoms. The van der Waals surface area contributed by atoms with Gasteiger partial charge >= 0.3 is 0 Å². The fourth-order valence-electron chi connectivity index (χ4n) is 4.82. The Bertz CT molecular complexity index is 1730. The molecule has 222 valence electrons. The molecule has 5 aromatic carbocycles. The summed E-state index contributed by atoms with van der Waals surface area (Å²) in [5.74, 6) is 15.5. The third-order valence-electron chi connectivity index (χ3n) is 7.33. The minimum Gasteiger partial charge on any atom is -0.488 e. The Labute approximate surface area is 262 Å². The van der Waals surface area contributed by atoms with E-state index >= 15 is 0 Å². The van der Waals surface area contributed by atoms with E-state index in [1.54, 1.807) is 0 Å². The molecule has 5 rings (SSSR count). The number of nitrogens with zero attached hydrogens (tertiary/aromatic N) is 2. The first-order valence-electron chi connectivity index (χ1n) is 15.1. The first-order valence-corrected chi connectivity index (χ1v) is 15.1. The monoisotopic (exact) mass is 582 g/mol. The molecule has 0 spiro atoms. The van der Waals surface area contributed by atoms with Gasteiger partial charge in [-0.15, -0.1) is 0 Å². The van der Waals surface area contributed by atoms with Gasteiger partial charge in [0.05, 0.1) is 42.3 Å².